The maximum absolute atomic E-state index is 4.12. The minimum Gasteiger partial charge on any atom is -0.318 e. The van der Waals surface area contributed by atoms with Crippen molar-refractivity contribution in [2.24, 2.45) is 0 Å². The molecular weight excluding hydrogens is 300 g/mol. The van der Waals surface area contributed by atoms with E-state index in [0.29, 0.717) is 6.04 Å². The summed E-state index contributed by atoms with van der Waals surface area (Å²) in [5, 5.41) is 3.67. The van der Waals surface area contributed by atoms with Crippen molar-refractivity contribution in [2.75, 3.05) is 19.6 Å². The molecule has 1 rings (SSSR count). The average Bonchev–Trinajstić information content (AvgIpc) is 2.39. The molecule has 1 aliphatic heterocycles. The van der Waals surface area contributed by atoms with Crippen LogP contribution >= 0.6 is 0 Å². The molecule has 1 aliphatic rings. The van der Waals surface area contributed by atoms with Crippen LogP contribution in [0.15, 0.2) is 12.3 Å². The summed E-state index contributed by atoms with van der Waals surface area (Å²) in [4.78, 5) is 0. The van der Waals surface area contributed by atoms with Crippen molar-refractivity contribution in [1.82, 2.24) is 9.88 Å². The molecule has 1 fully saturated rings. The maximum atomic E-state index is 4.12. The van der Waals surface area contributed by atoms with Crippen molar-refractivity contribution in [2.45, 2.75) is 83.3 Å². The molecule has 0 aliphatic carbocycles. The molecule has 22 heavy (non-hydrogen) atoms. The number of hydrogen-bond donors (Lipinski definition) is 1. The van der Waals surface area contributed by atoms with Gasteiger partial charge in [-0.25, -0.2) is 0 Å². The smallest absolute Gasteiger partial charge is 0.136 e. The molecule has 0 aromatic carbocycles. The highest BCUT2D eigenvalue weighted by Crippen LogP contribution is 2.45. The lowest BCUT2D eigenvalue weighted by atomic mass is 10.3. The summed E-state index contributed by atoms with van der Waals surface area (Å²) >= 11 is 0. The Morgan fingerprint density at radius 1 is 1.09 bits per heavy atom. The Labute approximate surface area is 141 Å². The van der Waals surface area contributed by atoms with Gasteiger partial charge in [-0.2, -0.15) is 0 Å². The van der Waals surface area contributed by atoms with Crippen LogP contribution in [0.25, 0.3) is 0 Å². The predicted octanol–water partition coefficient (Wildman–Crippen LogP) is 4.87. The highest BCUT2D eigenvalue weighted by atomic mass is 28.3. The molecule has 1 unspecified atom stereocenters. The molecule has 0 radical (unpaired) electrons. The number of nitrogens with zero attached hydrogens (tertiary/aromatic N) is 1. The third kappa shape index (κ3) is 3.94. The molecule has 0 bridgehead atoms. The van der Waals surface area contributed by atoms with Crippen LogP contribution in [0.2, 0.25) is 35.8 Å². The molecule has 1 N–H and O–H groups in total. The van der Waals surface area contributed by atoms with Crippen molar-refractivity contribution in [3.05, 3.63) is 12.3 Å². The molecule has 1 heterocycles. The second-order valence-corrected chi connectivity index (χ2v) is 19.4. The first-order valence-corrected chi connectivity index (χ1v) is 14.7. The predicted molar refractivity (Wildman–Crippen MR) is 107 cm³/mol. The summed E-state index contributed by atoms with van der Waals surface area (Å²) in [5.74, 6) is 0. The lowest BCUT2D eigenvalue weighted by Crippen LogP contribution is -2.69. The quantitative estimate of drug-likeness (QED) is 0.665. The Balaban J connectivity index is 3.21. The Kier molecular flexibility index (Phi) is 7.12. The molecule has 1 atom stereocenters. The highest BCUT2D eigenvalue weighted by Gasteiger charge is 2.51. The van der Waals surface area contributed by atoms with Gasteiger partial charge in [0.05, 0.1) is 8.07 Å². The monoisotopic (exact) mass is 340 g/mol. The Bertz CT molecular complexity index is 342. The van der Waals surface area contributed by atoms with E-state index in [1.54, 1.807) is 0 Å². The fourth-order valence-corrected chi connectivity index (χ4v) is 14.4. The van der Waals surface area contributed by atoms with E-state index in [1.165, 1.54) is 19.1 Å². The molecule has 0 aromatic heterocycles. The zero-order valence-electron chi connectivity index (χ0n) is 16.4. The Hall–Kier alpha value is 0.0938. The summed E-state index contributed by atoms with van der Waals surface area (Å²) in [6, 6.07) is 2.07. The van der Waals surface area contributed by atoms with Crippen LogP contribution in [-0.4, -0.2) is 46.6 Å². The van der Waals surface area contributed by atoms with Crippen molar-refractivity contribution >= 4 is 16.3 Å². The van der Waals surface area contributed by atoms with Gasteiger partial charge in [-0.05, 0) is 22.7 Å². The second-order valence-electron chi connectivity index (χ2n) is 8.80. The van der Waals surface area contributed by atoms with E-state index in [1.807, 2.05) is 0 Å². The first-order chi connectivity index (χ1) is 10.1. The molecule has 130 valence electrons. The SMILES string of the molecule is C=C[Si](C)(C)CC1CNCCN1[Si](C(C)C)(C(C)C)C(C)C. The van der Waals surface area contributed by atoms with Gasteiger partial charge in [-0.3, -0.25) is 0 Å². The van der Waals surface area contributed by atoms with Crippen molar-refractivity contribution in [3.63, 3.8) is 0 Å². The lowest BCUT2D eigenvalue weighted by Gasteiger charge is -2.56. The summed E-state index contributed by atoms with van der Waals surface area (Å²) < 4.78 is 3.03. The topological polar surface area (TPSA) is 15.3 Å². The summed E-state index contributed by atoms with van der Waals surface area (Å²) in [6.45, 7) is 27.6. The standard InChI is InChI=1S/C18H40N2Si2/c1-10-21(8,9)14-18-13-19-11-12-20(18)22(15(2)3,16(4)5)17(6)7/h10,15-19H,1,11-14H2,2-9H3. The molecule has 0 spiro atoms. The molecule has 2 nitrogen and oxygen atoms in total. The molecule has 0 aromatic rings. The van der Waals surface area contributed by atoms with Crippen LogP contribution in [0.4, 0.5) is 0 Å². The van der Waals surface area contributed by atoms with E-state index in [9.17, 15) is 0 Å². The van der Waals surface area contributed by atoms with Gasteiger partial charge < -0.3 is 9.88 Å². The first kappa shape index (κ1) is 20.1. The number of piperazine rings is 1. The van der Waals surface area contributed by atoms with E-state index in [-0.39, 0.29) is 0 Å². The first-order valence-electron chi connectivity index (χ1n) is 9.20. The fraction of sp³-hybridized carbons (Fsp3) is 0.889. The third-order valence-electron chi connectivity index (χ3n) is 5.94. The van der Waals surface area contributed by atoms with Gasteiger partial charge in [0.2, 0.25) is 0 Å². The summed E-state index contributed by atoms with van der Waals surface area (Å²) in [5.41, 5.74) is 4.70. The summed E-state index contributed by atoms with van der Waals surface area (Å²) in [7, 11) is -2.81. The Morgan fingerprint density at radius 3 is 2.00 bits per heavy atom. The van der Waals surface area contributed by atoms with Gasteiger partial charge in [0.15, 0.2) is 0 Å². The van der Waals surface area contributed by atoms with E-state index in [2.05, 4.69) is 76.8 Å². The average molecular weight is 341 g/mol. The molecule has 4 heteroatoms. The molecular formula is C18H40N2Si2. The van der Waals surface area contributed by atoms with Crippen LogP contribution in [0, 0.1) is 0 Å². The maximum Gasteiger partial charge on any atom is 0.136 e. The molecule has 1 saturated heterocycles. The van der Waals surface area contributed by atoms with Gasteiger partial charge in [-0.15, -0.1) is 12.3 Å². The van der Waals surface area contributed by atoms with E-state index >= 15 is 0 Å². The van der Waals surface area contributed by atoms with Crippen LogP contribution in [0.1, 0.15) is 41.5 Å². The van der Waals surface area contributed by atoms with Crippen molar-refractivity contribution in [3.8, 4) is 0 Å². The van der Waals surface area contributed by atoms with Gasteiger partial charge in [0, 0.05) is 25.7 Å². The second kappa shape index (κ2) is 7.78. The van der Waals surface area contributed by atoms with Crippen LogP contribution in [0.3, 0.4) is 0 Å². The van der Waals surface area contributed by atoms with Gasteiger partial charge in [-0.1, -0.05) is 54.6 Å². The zero-order chi connectivity index (χ0) is 17.1. The molecule has 0 saturated carbocycles. The van der Waals surface area contributed by atoms with Crippen molar-refractivity contribution < 1.29 is 0 Å². The third-order valence-corrected chi connectivity index (χ3v) is 15.7. The van der Waals surface area contributed by atoms with Crippen LogP contribution < -0.4 is 5.32 Å². The van der Waals surface area contributed by atoms with Gasteiger partial charge in [0.25, 0.3) is 0 Å². The fourth-order valence-electron chi connectivity index (χ4n) is 5.14. The zero-order valence-corrected chi connectivity index (χ0v) is 18.4. The van der Waals surface area contributed by atoms with Crippen LogP contribution in [0.5, 0.6) is 0 Å². The number of rotatable bonds is 7. The van der Waals surface area contributed by atoms with E-state index in [0.717, 1.165) is 23.2 Å². The lowest BCUT2D eigenvalue weighted by molar-refractivity contribution is 0.259. The highest BCUT2D eigenvalue weighted by molar-refractivity contribution is 6.83. The van der Waals surface area contributed by atoms with E-state index in [4.69, 9.17) is 0 Å². The normalized spacial score (nSPS) is 21.9. The number of hydrogen-bond acceptors (Lipinski definition) is 2. The summed E-state index contributed by atoms with van der Waals surface area (Å²) in [6.07, 6.45) is 0. The largest absolute Gasteiger partial charge is 0.318 e. The minimum absolute atomic E-state index is 0.715. The van der Waals surface area contributed by atoms with Gasteiger partial charge in [0.1, 0.15) is 8.24 Å². The van der Waals surface area contributed by atoms with Crippen molar-refractivity contribution in [1.29, 1.82) is 0 Å². The van der Waals surface area contributed by atoms with E-state index < -0.39 is 16.3 Å². The Morgan fingerprint density at radius 2 is 1.59 bits per heavy atom. The molecule has 0 amide bonds. The number of nitrogens with one attached hydrogen (secondary N) is 1. The van der Waals surface area contributed by atoms with Crippen LogP contribution in [-0.2, 0) is 0 Å². The minimum atomic E-state index is -1.52. The van der Waals surface area contributed by atoms with Gasteiger partial charge >= 0.3 is 0 Å².